The molecule has 0 saturated carbocycles. The molecule has 0 rings (SSSR count). The zero-order valence-electron chi connectivity index (χ0n) is 9.36. The summed E-state index contributed by atoms with van der Waals surface area (Å²) in [6.07, 6.45) is 1.10. The number of hydrogen-bond donors (Lipinski definition) is 2. The van der Waals surface area contributed by atoms with Gasteiger partial charge in [0.1, 0.15) is 0 Å². The average molecular weight is 172 g/mol. The Kier molecular flexibility index (Phi) is 3.73. The molecule has 0 spiro atoms. The van der Waals surface area contributed by atoms with Crippen molar-refractivity contribution in [3.63, 3.8) is 0 Å². The van der Waals surface area contributed by atoms with Crippen LogP contribution in [0.5, 0.6) is 0 Å². The van der Waals surface area contributed by atoms with Crippen LogP contribution in [0, 0.1) is 10.8 Å². The van der Waals surface area contributed by atoms with Gasteiger partial charge in [0.15, 0.2) is 0 Å². The van der Waals surface area contributed by atoms with Crippen LogP contribution in [0.15, 0.2) is 0 Å². The molecule has 74 valence electrons. The highest BCUT2D eigenvalue weighted by Crippen LogP contribution is 2.29. The molecule has 2 nitrogen and oxygen atoms in total. The molecule has 0 aliphatic heterocycles. The van der Waals surface area contributed by atoms with E-state index < -0.39 is 0 Å². The summed E-state index contributed by atoms with van der Waals surface area (Å²) in [4.78, 5) is 0. The Morgan fingerprint density at radius 1 is 1.08 bits per heavy atom. The van der Waals surface area contributed by atoms with Crippen LogP contribution in [0.25, 0.3) is 0 Å². The molecule has 0 radical (unpaired) electrons. The molecule has 2 heteroatoms. The first kappa shape index (κ1) is 11.9. The highest BCUT2D eigenvalue weighted by Gasteiger charge is 2.27. The molecule has 0 aromatic heterocycles. The van der Waals surface area contributed by atoms with Gasteiger partial charge in [-0.2, -0.15) is 0 Å². The minimum Gasteiger partial charge on any atom is -0.271 e. The first-order valence-electron chi connectivity index (χ1n) is 4.63. The lowest BCUT2D eigenvalue weighted by molar-refractivity contribution is 0.195. The van der Waals surface area contributed by atoms with E-state index in [0.29, 0.717) is 11.5 Å². The van der Waals surface area contributed by atoms with Crippen LogP contribution in [-0.4, -0.2) is 6.04 Å². The van der Waals surface area contributed by atoms with E-state index in [4.69, 9.17) is 5.84 Å². The van der Waals surface area contributed by atoms with Crippen LogP contribution in [0.3, 0.4) is 0 Å². The normalized spacial score (nSPS) is 16.2. The maximum Gasteiger partial charge on any atom is 0.0263 e. The Balaban J connectivity index is 4.20. The first-order valence-corrected chi connectivity index (χ1v) is 4.63. The van der Waals surface area contributed by atoms with Crippen molar-refractivity contribution in [1.82, 2.24) is 5.43 Å². The molecule has 1 unspecified atom stereocenters. The third-order valence-electron chi connectivity index (χ3n) is 2.06. The lowest BCUT2D eigenvalue weighted by Crippen LogP contribution is -2.46. The van der Waals surface area contributed by atoms with E-state index in [2.05, 4.69) is 47.0 Å². The van der Waals surface area contributed by atoms with Crippen molar-refractivity contribution in [3.8, 4) is 0 Å². The fourth-order valence-electron chi connectivity index (χ4n) is 1.23. The SMILES string of the molecule is CC(C)(C)CC(NN)C(C)(C)C. The quantitative estimate of drug-likeness (QED) is 0.495. The van der Waals surface area contributed by atoms with E-state index in [0.717, 1.165) is 6.42 Å². The van der Waals surface area contributed by atoms with Gasteiger partial charge in [-0.1, -0.05) is 41.5 Å². The zero-order valence-corrected chi connectivity index (χ0v) is 9.36. The van der Waals surface area contributed by atoms with Gasteiger partial charge in [0, 0.05) is 6.04 Å². The predicted octanol–water partition coefficient (Wildman–Crippen LogP) is 2.30. The van der Waals surface area contributed by atoms with E-state index in [1.165, 1.54) is 0 Å². The van der Waals surface area contributed by atoms with Crippen LogP contribution >= 0.6 is 0 Å². The highest BCUT2D eigenvalue weighted by molar-refractivity contribution is 4.82. The van der Waals surface area contributed by atoms with E-state index in [9.17, 15) is 0 Å². The molecule has 0 aliphatic carbocycles. The molecular weight excluding hydrogens is 148 g/mol. The topological polar surface area (TPSA) is 38.0 Å². The Hall–Kier alpha value is -0.0800. The molecule has 1 atom stereocenters. The Labute approximate surface area is 76.9 Å². The zero-order chi connectivity index (χ0) is 9.99. The van der Waals surface area contributed by atoms with Gasteiger partial charge in [0.05, 0.1) is 0 Å². The second kappa shape index (κ2) is 3.75. The van der Waals surface area contributed by atoms with E-state index in [-0.39, 0.29) is 5.41 Å². The van der Waals surface area contributed by atoms with Gasteiger partial charge in [-0.15, -0.1) is 0 Å². The summed E-state index contributed by atoms with van der Waals surface area (Å²) in [5.74, 6) is 5.52. The van der Waals surface area contributed by atoms with Gasteiger partial charge < -0.3 is 0 Å². The van der Waals surface area contributed by atoms with Crippen molar-refractivity contribution >= 4 is 0 Å². The van der Waals surface area contributed by atoms with Crippen LogP contribution in [0.1, 0.15) is 48.0 Å². The molecule has 0 saturated heterocycles. The molecular formula is C10H24N2. The third-order valence-corrected chi connectivity index (χ3v) is 2.06. The molecule has 12 heavy (non-hydrogen) atoms. The summed E-state index contributed by atoms with van der Waals surface area (Å²) in [6, 6.07) is 0.387. The lowest BCUT2D eigenvalue weighted by Gasteiger charge is -2.34. The number of nitrogens with one attached hydrogen (secondary N) is 1. The molecule has 0 aromatic rings. The van der Waals surface area contributed by atoms with Crippen molar-refractivity contribution in [3.05, 3.63) is 0 Å². The van der Waals surface area contributed by atoms with Crippen molar-refractivity contribution in [2.75, 3.05) is 0 Å². The Morgan fingerprint density at radius 2 is 1.50 bits per heavy atom. The maximum absolute atomic E-state index is 5.52. The van der Waals surface area contributed by atoms with Crippen LogP contribution in [0.4, 0.5) is 0 Å². The van der Waals surface area contributed by atoms with Crippen molar-refractivity contribution in [1.29, 1.82) is 0 Å². The summed E-state index contributed by atoms with van der Waals surface area (Å²) < 4.78 is 0. The van der Waals surface area contributed by atoms with E-state index in [1.54, 1.807) is 0 Å². The number of hydrogen-bond acceptors (Lipinski definition) is 2. The standard InChI is InChI=1S/C10H24N2/c1-9(2,3)7-8(12-11)10(4,5)6/h8,12H,7,11H2,1-6H3. The van der Waals surface area contributed by atoms with Crippen LogP contribution < -0.4 is 11.3 Å². The summed E-state index contributed by atoms with van der Waals surface area (Å²) >= 11 is 0. The highest BCUT2D eigenvalue weighted by atomic mass is 15.2. The van der Waals surface area contributed by atoms with E-state index in [1.807, 2.05) is 0 Å². The van der Waals surface area contributed by atoms with Gasteiger partial charge in [0.25, 0.3) is 0 Å². The van der Waals surface area contributed by atoms with Crippen molar-refractivity contribution in [2.24, 2.45) is 16.7 Å². The van der Waals surface area contributed by atoms with E-state index >= 15 is 0 Å². The van der Waals surface area contributed by atoms with Crippen molar-refractivity contribution < 1.29 is 0 Å². The maximum atomic E-state index is 5.52. The van der Waals surface area contributed by atoms with Gasteiger partial charge in [-0.05, 0) is 17.3 Å². The fourth-order valence-corrected chi connectivity index (χ4v) is 1.23. The van der Waals surface area contributed by atoms with Gasteiger partial charge in [-0.25, -0.2) is 0 Å². The van der Waals surface area contributed by atoms with Crippen molar-refractivity contribution in [2.45, 2.75) is 54.0 Å². The number of hydrazine groups is 1. The molecule has 0 fully saturated rings. The number of nitrogens with two attached hydrogens (primary N) is 1. The molecule has 3 N–H and O–H groups in total. The second-order valence-electron chi connectivity index (χ2n) is 5.85. The minimum atomic E-state index is 0.238. The second-order valence-corrected chi connectivity index (χ2v) is 5.85. The smallest absolute Gasteiger partial charge is 0.0263 e. The molecule has 0 aliphatic rings. The van der Waals surface area contributed by atoms with Gasteiger partial charge >= 0.3 is 0 Å². The fraction of sp³-hybridized carbons (Fsp3) is 1.00. The monoisotopic (exact) mass is 172 g/mol. The Bertz CT molecular complexity index is 128. The van der Waals surface area contributed by atoms with Gasteiger partial charge in [-0.3, -0.25) is 11.3 Å². The number of rotatable bonds is 2. The van der Waals surface area contributed by atoms with Crippen LogP contribution in [-0.2, 0) is 0 Å². The minimum absolute atomic E-state index is 0.238. The van der Waals surface area contributed by atoms with Gasteiger partial charge in [0.2, 0.25) is 0 Å². The third kappa shape index (κ3) is 4.73. The molecule has 0 heterocycles. The largest absolute Gasteiger partial charge is 0.271 e. The molecule has 0 bridgehead atoms. The average Bonchev–Trinajstić information content (AvgIpc) is 1.78. The summed E-state index contributed by atoms with van der Waals surface area (Å²) in [7, 11) is 0. The molecule has 0 amide bonds. The van der Waals surface area contributed by atoms with Crippen LogP contribution in [0.2, 0.25) is 0 Å². The summed E-state index contributed by atoms with van der Waals surface area (Å²) in [5.41, 5.74) is 3.47. The molecule has 0 aromatic carbocycles. The first-order chi connectivity index (χ1) is 5.17. The predicted molar refractivity (Wildman–Crippen MR) is 54.6 cm³/mol. The summed E-state index contributed by atoms with van der Waals surface area (Å²) in [5, 5.41) is 0. The lowest BCUT2D eigenvalue weighted by atomic mass is 9.77. The Morgan fingerprint density at radius 3 is 1.58 bits per heavy atom. The summed E-state index contributed by atoms with van der Waals surface area (Å²) in [6.45, 7) is 13.4.